The van der Waals surface area contributed by atoms with Crippen molar-refractivity contribution in [2.45, 2.75) is 85.0 Å². The van der Waals surface area contributed by atoms with Gasteiger partial charge in [0.1, 0.15) is 0 Å². The second-order valence-corrected chi connectivity index (χ2v) is 5.44. The maximum Gasteiger partial charge on any atom is 0.0491 e. The Labute approximate surface area is 109 Å². The Morgan fingerprint density at radius 3 is 2.00 bits per heavy atom. The highest BCUT2D eigenvalue weighted by Crippen LogP contribution is 2.09. The summed E-state index contributed by atoms with van der Waals surface area (Å²) in [6, 6.07) is 0. The third-order valence-electron chi connectivity index (χ3n) is 3.35. The van der Waals surface area contributed by atoms with E-state index < -0.39 is 0 Å². The average Bonchev–Trinajstić information content (AvgIpc) is 2.34. The van der Waals surface area contributed by atoms with E-state index in [-0.39, 0.29) is 0 Å². The Morgan fingerprint density at radius 2 is 1.35 bits per heavy atom. The van der Waals surface area contributed by atoms with E-state index in [2.05, 4.69) is 20.8 Å². The highest BCUT2D eigenvalue weighted by Gasteiger charge is 2.00. The molecule has 0 amide bonds. The molecule has 0 aromatic carbocycles. The molecule has 0 bridgehead atoms. The Kier molecular flexibility index (Phi) is 14.0. The van der Waals surface area contributed by atoms with Crippen LogP contribution in [0.2, 0.25) is 0 Å². The first-order valence-corrected chi connectivity index (χ1v) is 7.89. The van der Waals surface area contributed by atoms with Gasteiger partial charge in [0.2, 0.25) is 0 Å². The standard InChI is InChI=1S/C16H34O/c1-4-6-8-9-10-11-12-14-17-15-16(3)13-7-5-2/h16H,4-15H2,1-3H3. The van der Waals surface area contributed by atoms with Crippen molar-refractivity contribution in [2.24, 2.45) is 5.92 Å². The van der Waals surface area contributed by atoms with E-state index in [1.807, 2.05) is 0 Å². The maximum atomic E-state index is 5.72. The molecular weight excluding hydrogens is 208 g/mol. The van der Waals surface area contributed by atoms with Crippen LogP contribution in [0.5, 0.6) is 0 Å². The summed E-state index contributed by atoms with van der Waals surface area (Å²) in [7, 11) is 0. The van der Waals surface area contributed by atoms with Crippen LogP contribution in [0.3, 0.4) is 0 Å². The highest BCUT2D eigenvalue weighted by atomic mass is 16.5. The summed E-state index contributed by atoms with van der Waals surface area (Å²) in [5.74, 6) is 0.750. The first-order chi connectivity index (χ1) is 8.31. The lowest BCUT2D eigenvalue weighted by atomic mass is 10.1. The third-order valence-corrected chi connectivity index (χ3v) is 3.35. The second kappa shape index (κ2) is 14.0. The van der Waals surface area contributed by atoms with Crippen molar-refractivity contribution in [3.05, 3.63) is 0 Å². The zero-order valence-electron chi connectivity index (χ0n) is 12.5. The molecule has 0 saturated heterocycles. The zero-order chi connectivity index (χ0) is 12.8. The second-order valence-electron chi connectivity index (χ2n) is 5.44. The molecule has 0 saturated carbocycles. The quantitative estimate of drug-likeness (QED) is 0.383. The third kappa shape index (κ3) is 13.9. The summed E-state index contributed by atoms with van der Waals surface area (Å²) in [6.07, 6.45) is 13.6. The first-order valence-electron chi connectivity index (χ1n) is 7.89. The number of unbranched alkanes of at least 4 members (excludes halogenated alkanes) is 7. The van der Waals surface area contributed by atoms with Crippen molar-refractivity contribution in [2.75, 3.05) is 13.2 Å². The molecule has 0 spiro atoms. The van der Waals surface area contributed by atoms with Gasteiger partial charge in [0.15, 0.2) is 0 Å². The van der Waals surface area contributed by atoms with E-state index in [0.717, 1.165) is 19.1 Å². The van der Waals surface area contributed by atoms with Crippen LogP contribution in [0.25, 0.3) is 0 Å². The highest BCUT2D eigenvalue weighted by molar-refractivity contribution is 4.51. The zero-order valence-corrected chi connectivity index (χ0v) is 12.5. The monoisotopic (exact) mass is 242 g/mol. The SMILES string of the molecule is CCCCCCCCCOCC(C)CCCC. The van der Waals surface area contributed by atoms with Gasteiger partial charge in [0, 0.05) is 13.2 Å². The fourth-order valence-corrected chi connectivity index (χ4v) is 2.08. The molecule has 104 valence electrons. The molecule has 0 aliphatic carbocycles. The number of ether oxygens (including phenoxy) is 1. The molecule has 1 atom stereocenters. The van der Waals surface area contributed by atoms with Crippen molar-refractivity contribution >= 4 is 0 Å². The van der Waals surface area contributed by atoms with Crippen LogP contribution < -0.4 is 0 Å². The van der Waals surface area contributed by atoms with Crippen LogP contribution in [0.4, 0.5) is 0 Å². The molecular formula is C16H34O. The van der Waals surface area contributed by atoms with Crippen molar-refractivity contribution in [3.63, 3.8) is 0 Å². The summed E-state index contributed by atoms with van der Waals surface area (Å²) < 4.78 is 5.72. The van der Waals surface area contributed by atoms with E-state index in [1.54, 1.807) is 0 Å². The largest absolute Gasteiger partial charge is 0.381 e. The molecule has 0 fully saturated rings. The lowest BCUT2D eigenvalue weighted by Crippen LogP contribution is -2.06. The Balaban J connectivity index is 3.02. The molecule has 17 heavy (non-hydrogen) atoms. The van der Waals surface area contributed by atoms with Gasteiger partial charge in [-0.05, 0) is 18.8 Å². The lowest BCUT2D eigenvalue weighted by Gasteiger charge is -2.11. The minimum absolute atomic E-state index is 0.750. The summed E-state index contributed by atoms with van der Waals surface area (Å²) in [4.78, 5) is 0. The van der Waals surface area contributed by atoms with E-state index in [1.165, 1.54) is 64.2 Å². The van der Waals surface area contributed by atoms with Gasteiger partial charge in [-0.25, -0.2) is 0 Å². The molecule has 0 rings (SSSR count). The fourth-order valence-electron chi connectivity index (χ4n) is 2.08. The topological polar surface area (TPSA) is 9.23 Å². The van der Waals surface area contributed by atoms with Crippen LogP contribution >= 0.6 is 0 Å². The van der Waals surface area contributed by atoms with E-state index in [9.17, 15) is 0 Å². The summed E-state index contributed by atoms with van der Waals surface area (Å²) >= 11 is 0. The number of hydrogen-bond donors (Lipinski definition) is 0. The van der Waals surface area contributed by atoms with Gasteiger partial charge in [-0.1, -0.05) is 72.1 Å². The number of rotatable bonds is 13. The van der Waals surface area contributed by atoms with Gasteiger partial charge in [0.25, 0.3) is 0 Å². The predicted molar refractivity (Wildman–Crippen MR) is 77.5 cm³/mol. The van der Waals surface area contributed by atoms with E-state index in [4.69, 9.17) is 4.74 Å². The van der Waals surface area contributed by atoms with Gasteiger partial charge in [0.05, 0.1) is 0 Å². The maximum absolute atomic E-state index is 5.72. The summed E-state index contributed by atoms with van der Waals surface area (Å²) in [5.41, 5.74) is 0. The van der Waals surface area contributed by atoms with Gasteiger partial charge >= 0.3 is 0 Å². The van der Waals surface area contributed by atoms with Crippen LogP contribution in [0.15, 0.2) is 0 Å². The van der Waals surface area contributed by atoms with Crippen molar-refractivity contribution in [1.29, 1.82) is 0 Å². The van der Waals surface area contributed by atoms with Gasteiger partial charge < -0.3 is 4.74 Å². The molecule has 0 heterocycles. The molecule has 0 N–H and O–H groups in total. The minimum Gasteiger partial charge on any atom is -0.381 e. The molecule has 1 heteroatoms. The molecule has 0 aliphatic heterocycles. The molecule has 0 aliphatic rings. The molecule has 1 nitrogen and oxygen atoms in total. The summed E-state index contributed by atoms with van der Waals surface area (Å²) in [5, 5.41) is 0. The Morgan fingerprint density at radius 1 is 0.765 bits per heavy atom. The Bertz CT molecular complexity index is 133. The Hall–Kier alpha value is -0.0400. The smallest absolute Gasteiger partial charge is 0.0491 e. The van der Waals surface area contributed by atoms with Crippen molar-refractivity contribution in [3.8, 4) is 0 Å². The van der Waals surface area contributed by atoms with E-state index >= 15 is 0 Å². The van der Waals surface area contributed by atoms with Crippen molar-refractivity contribution in [1.82, 2.24) is 0 Å². The minimum atomic E-state index is 0.750. The van der Waals surface area contributed by atoms with Gasteiger partial charge in [-0.2, -0.15) is 0 Å². The van der Waals surface area contributed by atoms with Crippen molar-refractivity contribution < 1.29 is 4.74 Å². The van der Waals surface area contributed by atoms with Crippen LogP contribution in [-0.4, -0.2) is 13.2 Å². The predicted octanol–water partition coefficient (Wildman–Crippen LogP) is 5.58. The van der Waals surface area contributed by atoms with E-state index in [0.29, 0.717) is 0 Å². The molecule has 1 unspecified atom stereocenters. The van der Waals surface area contributed by atoms with Crippen LogP contribution in [0.1, 0.15) is 85.0 Å². The first kappa shape index (κ1) is 17.0. The average molecular weight is 242 g/mol. The fraction of sp³-hybridized carbons (Fsp3) is 1.00. The molecule has 0 aromatic rings. The lowest BCUT2D eigenvalue weighted by molar-refractivity contribution is 0.0978. The van der Waals surface area contributed by atoms with Gasteiger partial charge in [-0.15, -0.1) is 0 Å². The van der Waals surface area contributed by atoms with Gasteiger partial charge in [-0.3, -0.25) is 0 Å². The van der Waals surface area contributed by atoms with Crippen LogP contribution in [0, 0.1) is 5.92 Å². The normalized spacial score (nSPS) is 12.9. The molecule has 0 aromatic heterocycles. The number of hydrogen-bond acceptors (Lipinski definition) is 1. The van der Waals surface area contributed by atoms with Crippen LogP contribution in [-0.2, 0) is 4.74 Å². The summed E-state index contributed by atoms with van der Waals surface area (Å²) in [6.45, 7) is 8.78. The molecule has 0 radical (unpaired) electrons.